The number of benzene rings is 1. The summed E-state index contributed by atoms with van der Waals surface area (Å²) in [6, 6.07) is 6.99. The van der Waals surface area contributed by atoms with E-state index in [0.717, 1.165) is 5.75 Å². The molecule has 0 amide bonds. The molecule has 1 aromatic carbocycles. The fourth-order valence-corrected chi connectivity index (χ4v) is 1.31. The van der Waals surface area contributed by atoms with Crippen LogP contribution in [0.2, 0.25) is 0 Å². The molecule has 1 rings (SSSR count). The van der Waals surface area contributed by atoms with Crippen LogP contribution in [0.3, 0.4) is 0 Å². The minimum absolute atomic E-state index is 0.0395. The molecule has 0 aliphatic heterocycles. The third-order valence-electron chi connectivity index (χ3n) is 2.30. The Morgan fingerprint density at radius 2 is 2.00 bits per heavy atom. The summed E-state index contributed by atoms with van der Waals surface area (Å²) in [6.45, 7) is 3.35. The van der Waals surface area contributed by atoms with Crippen molar-refractivity contribution < 1.29 is 19.4 Å². The van der Waals surface area contributed by atoms with E-state index in [0.29, 0.717) is 5.69 Å². The number of carbonyl (C=O) groups is 1. The summed E-state index contributed by atoms with van der Waals surface area (Å²) in [5.41, 5.74) is 0.682. The maximum Gasteiger partial charge on any atom is 0.343 e. The van der Waals surface area contributed by atoms with Crippen LogP contribution in [0.5, 0.6) is 5.75 Å². The second-order valence-electron chi connectivity index (χ2n) is 3.68. The van der Waals surface area contributed by atoms with Crippen LogP contribution in [0.1, 0.15) is 13.8 Å². The second kappa shape index (κ2) is 7.20. The van der Waals surface area contributed by atoms with Crippen molar-refractivity contribution in [2.45, 2.75) is 13.8 Å². The molecule has 0 saturated carbocycles. The Hall–Kier alpha value is -2.30. The van der Waals surface area contributed by atoms with E-state index in [1.165, 1.54) is 13.1 Å². The van der Waals surface area contributed by atoms with Crippen molar-refractivity contribution in [1.82, 2.24) is 0 Å². The quantitative estimate of drug-likeness (QED) is 0.384. The molecule has 0 saturated heterocycles. The molecular formula is C14H17NO4. The lowest BCUT2D eigenvalue weighted by atomic mass is 10.2. The summed E-state index contributed by atoms with van der Waals surface area (Å²) in [5.74, 6) is -0.00563. The van der Waals surface area contributed by atoms with Crippen LogP contribution < -0.4 is 4.74 Å². The normalized spacial score (nSPS) is 12.2. The number of carbonyl (C=O) groups excluding carboxylic acids is 1. The first-order valence-corrected chi connectivity index (χ1v) is 5.83. The van der Waals surface area contributed by atoms with Crippen molar-refractivity contribution in [1.29, 1.82) is 0 Å². The Labute approximate surface area is 112 Å². The number of aliphatic hydroxyl groups excluding tert-OH is 1. The monoisotopic (exact) mass is 263 g/mol. The Morgan fingerprint density at radius 3 is 2.47 bits per heavy atom. The summed E-state index contributed by atoms with van der Waals surface area (Å²) >= 11 is 0. The van der Waals surface area contributed by atoms with E-state index < -0.39 is 5.97 Å². The number of hydrogen-bond donors (Lipinski definition) is 1. The first-order valence-electron chi connectivity index (χ1n) is 5.83. The van der Waals surface area contributed by atoms with Crippen molar-refractivity contribution in [2.75, 3.05) is 13.7 Å². The number of rotatable bonds is 5. The number of nitrogens with zero attached hydrogens (tertiary/aromatic N) is 1. The molecule has 102 valence electrons. The van der Waals surface area contributed by atoms with Gasteiger partial charge in [0.05, 0.1) is 19.4 Å². The van der Waals surface area contributed by atoms with Crippen molar-refractivity contribution in [3.05, 3.63) is 35.6 Å². The summed E-state index contributed by atoms with van der Waals surface area (Å²) in [6.07, 6.45) is 1.29. The van der Waals surface area contributed by atoms with Gasteiger partial charge in [-0.05, 0) is 38.1 Å². The van der Waals surface area contributed by atoms with Gasteiger partial charge in [0.15, 0.2) is 0 Å². The second-order valence-corrected chi connectivity index (χ2v) is 3.68. The third kappa shape index (κ3) is 4.46. The molecule has 0 fully saturated rings. The molecule has 0 spiro atoms. The minimum Gasteiger partial charge on any atom is -0.512 e. The SMILES string of the molecule is CCOC(=O)/C(C=Nc1ccc(OC)cc1)=C(\C)O. The number of methoxy groups -OCH3 is 1. The maximum atomic E-state index is 11.6. The van der Waals surface area contributed by atoms with Crippen LogP contribution in [-0.4, -0.2) is 31.0 Å². The van der Waals surface area contributed by atoms with Crippen LogP contribution in [0.4, 0.5) is 5.69 Å². The van der Waals surface area contributed by atoms with Crippen LogP contribution in [0.15, 0.2) is 40.6 Å². The van der Waals surface area contributed by atoms with Crippen molar-refractivity contribution >= 4 is 17.9 Å². The van der Waals surface area contributed by atoms with E-state index in [1.807, 2.05) is 0 Å². The highest BCUT2D eigenvalue weighted by atomic mass is 16.5. The van der Waals surface area contributed by atoms with Gasteiger partial charge in [-0.3, -0.25) is 4.99 Å². The van der Waals surface area contributed by atoms with Gasteiger partial charge >= 0.3 is 5.97 Å². The molecule has 0 atom stereocenters. The lowest BCUT2D eigenvalue weighted by Crippen LogP contribution is -2.10. The van der Waals surface area contributed by atoms with Crippen molar-refractivity contribution in [3.63, 3.8) is 0 Å². The highest BCUT2D eigenvalue weighted by Crippen LogP contribution is 2.17. The molecule has 0 heterocycles. The summed E-state index contributed by atoms with van der Waals surface area (Å²) in [7, 11) is 1.58. The number of aliphatic hydroxyl groups is 1. The van der Waals surface area contributed by atoms with E-state index >= 15 is 0 Å². The Kier molecular flexibility index (Phi) is 5.60. The van der Waals surface area contributed by atoms with Gasteiger partial charge < -0.3 is 14.6 Å². The number of aliphatic imine (C=N–C) groups is 1. The lowest BCUT2D eigenvalue weighted by Gasteiger charge is -2.03. The van der Waals surface area contributed by atoms with Gasteiger partial charge in [-0.25, -0.2) is 4.79 Å². The van der Waals surface area contributed by atoms with Gasteiger partial charge in [-0.1, -0.05) is 0 Å². The predicted molar refractivity (Wildman–Crippen MR) is 73.1 cm³/mol. The fourth-order valence-electron chi connectivity index (χ4n) is 1.31. The zero-order valence-electron chi connectivity index (χ0n) is 11.2. The van der Waals surface area contributed by atoms with Gasteiger partial charge in [-0.2, -0.15) is 0 Å². The molecule has 1 N–H and O–H groups in total. The Balaban J connectivity index is 2.87. The van der Waals surface area contributed by atoms with Crippen LogP contribution >= 0.6 is 0 Å². The lowest BCUT2D eigenvalue weighted by molar-refractivity contribution is -0.138. The van der Waals surface area contributed by atoms with E-state index in [-0.39, 0.29) is 17.9 Å². The molecule has 0 aliphatic rings. The molecule has 5 heteroatoms. The standard InChI is InChI=1S/C14H17NO4/c1-4-19-14(17)13(10(2)16)9-15-11-5-7-12(18-3)8-6-11/h5-9,16H,4H2,1-3H3/b13-10+,15-9?. The summed E-state index contributed by atoms with van der Waals surface area (Å²) in [5, 5.41) is 9.44. The third-order valence-corrected chi connectivity index (χ3v) is 2.30. The largest absolute Gasteiger partial charge is 0.512 e. The van der Waals surface area contributed by atoms with E-state index in [4.69, 9.17) is 9.47 Å². The molecule has 5 nitrogen and oxygen atoms in total. The molecule has 0 aromatic heterocycles. The zero-order valence-corrected chi connectivity index (χ0v) is 11.2. The van der Waals surface area contributed by atoms with Crippen LogP contribution in [0, 0.1) is 0 Å². The number of esters is 1. The fraction of sp³-hybridized carbons (Fsp3) is 0.286. The molecule has 0 radical (unpaired) electrons. The zero-order chi connectivity index (χ0) is 14.3. The Bertz CT molecular complexity index is 485. The molecule has 0 unspecified atom stereocenters. The van der Waals surface area contributed by atoms with Crippen LogP contribution in [-0.2, 0) is 9.53 Å². The van der Waals surface area contributed by atoms with E-state index in [1.54, 1.807) is 38.3 Å². The first kappa shape index (κ1) is 14.8. The van der Waals surface area contributed by atoms with Crippen molar-refractivity contribution in [3.8, 4) is 5.75 Å². The maximum absolute atomic E-state index is 11.6. The van der Waals surface area contributed by atoms with E-state index in [9.17, 15) is 9.90 Å². The van der Waals surface area contributed by atoms with Gasteiger partial charge in [0.1, 0.15) is 17.1 Å². The highest BCUT2D eigenvalue weighted by Gasteiger charge is 2.11. The smallest absolute Gasteiger partial charge is 0.343 e. The summed E-state index contributed by atoms with van der Waals surface area (Å²) < 4.78 is 9.85. The number of ether oxygens (including phenoxy) is 2. The van der Waals surface area contributed by atoms with Gasteiger partial charge in [0.2, 0.25) is 0 Å². The number of hydrogen-bond acceptors (Lipinski definition) is 5. The molecule has 0 bridgehead atoms. The molecule has 19 heavy (non-hydrogen) atoms. The van der Waals surface area contributed by atoms with E-state index in [2.05, 4.69) is 4.99 Å². The molecular weight excluding hydrogens is 246 g/mol. The van der Waals surface area contributed by atoms with Crippen LogP contribution in [0.25, 0.3) is 0 Å². The van der Waals surface area contributed by atoms with Gasteiger partial charge in [0, 0.05) is 6.21 Å². The molecule has 0 aliphatic carbocycles. The predicted octanol–water partition coefficient (Wildman–Crippen LogP) is 2.79. The average molecular weight is 263 g/mol. The summed E-state index contributed by atoms with van der Waals surface area (Å²) in [4.78, 5) is 15.7. The minimum atomic E-state index is -0.597. The number of allylic oxidation sites excluding steroid dienone is 1. The Morgan fingerprint density at radius 1 is 1.37 bits per heavy atom. The highest BCUT2D eigenvalue weighted by molar-refractivity contribution is 6.10. The molecule has 1 aromatic rings. The van der Waals surface area contributed by atoms with Gasteiger partial charge in [0.25, 0.3) is 0 Å². The average Bonchev–Trinajstić information content (AvgIpc) is 2.39. The topological polar surface area (TPSA) is 68.1 Å². The van der Waals surface area contributed by atoms with Gasteiger partial charge in [-0.15, -0.1) is 0 Å². The first-order chi connectivity index (χ1) is 9.08. The van der Waals surface area contributed by atoms with Crippen molar-refractivity contribution in [2.24, 2.45) is 4.99 Å².